The van der Waals surface area contributed by atoms with Crippen LogP contribution in [0.1, 0.15) is 172 Å². The molecule has 0 spiro atoms. The molecule has 0 amide bonds. The first-order chi connectivity index (χ1) is 36.9. The van der Waals surface area contributed by atoms with E-state index in [2.05, 4.69) is 273 Å². The average molecular weight is 1160 g/mol. The molecule has 8 aromatic rings. The van der Waals surface area contributed by atoms with Crippen LogP contribution in [0.15, 0.2) is 175 Å². The molecule has 2 unspecified atom stereocenters. The van der Waals surface area contributed by atoms with Crippen LogP contribution in [-0.4, -0.2) is 9.52 Å². The zero-order valence-electron chi connectivity index (χ0n) is 48.7. The second kappa shape index (κ2) is 20.2. The van der Waals surface area contributed by atoms with Gasteiger partial charge < -0.3 is 0 Å². The predicted molar refractivity (Wildman–Crippen MR) is 342 cm³/mol. The summed E-state index contributed by atoms with van der Waals surface area (Å²) in [7, 11) is 18.8. The molecule has 3 aliphatic rings. The summed E-state index contributed by atoms with van der Waals surface area (Å²) >= 11 is -6.10. The van der Waals surface area contributed by atoms with Gasteiger partial charge >= 0.3 is 483 Å². The first-order valence-electron chi connectivity index (χ1n) is 28.9. The quantitative estimate of drug-likeness (QED) is 0.113. The summed E-state index contributed by atoms with van der Waals surface area (Å²) in [5, 5.41) is 2.92. The van der Waals surface area contributed by atoms with Crippen molar-refractivity contribution in [3.05, 3.63) is 219 Å². The van der Waals surface area contributed by atoms with Gasteiger partial charge in [0.15, 0.2) is 0 Å². The fraction of sp³-hybridized carbons (Fsp3) is 0.297. The maximum atomic E-state index is 9.91. The third kappa shape index (κ3) is 9.22. The van der Waals surface area contributed by atoms with Crippen LogP contribution in [0.5, 0.6) is 0 Å². The summed E-state index contributed by atoms with van der Waals surface area (Å²) in [5.74, 6) is 1.45. The molecule has 78 heavy (non-hydrogen) atoms. The number of allylic oxidation sites excluding steroid dienone is 2. The topological polar surface area (TPSA) is 0 Å². The zero-order valence-corrected chi connectivity index (χ0v) is 54.1. The van der Waals surface area contributed by atoms with Crippen LogP contribution in [0.2, 0.25) is 0 Å². The molecule has 0 aromatic heterocycles. The number of rotatable bonds is 11. The third-order valence-corrected chi connectivity index (χ3v) is 40.4. The number of fused-ring (bicyclic) bond motifs is 5. The van der Waals surface area contributed by atoms with Crippen molar-refractivity contribution in [2.24, 2.45) is 10.8 Å². The first kappa shape index (κ1) is 54.9. The van der Waals surface area contributed by atoms with E-state index in [-0.39, 0.29) is 18.1 Å². The van der Waals surface area contributed by atoms with Gasteiger partial charge in [0.05, 0.1) is 0 Å². The van der Waals surface area contributed by atoms with Crippen LogP contribution < -0.4 is 13.6 Å². The molecule has 0 saturated heterocycles. The van der Waals surface area contributed by atoms with Crippen molar-refractivity contribution in [3.63, 3.8) is 0 Å². The number of hydrogen-bond acceptors (Lipinski definition) is 0. The molecule has 397 valence electrons. The Morgan fingerprint density at radius 2 is 0.782 bits per heavy atom. The Balaban J connectivity index is 1.30. The van der Waals surface area contributed by atoms with E-state index in [0.29, 0.717) is 23.7 Å². The van der Waals surface area contributed by atoms with Gasteiger partial charge in [-0.25, -0.2) is 0 Å². The normalized spacial score (nSPS) is 16.8. The summed E-state index contributed by atoms with van der Waals surface area (Å²) in [6.45, 7) is 33.1. The Bertz CT molecular complexity index is 3480. The van der Waals surface area contributed by atoms with E-state index in [4.69, 9.17) is 0 Å². The Morgan fingerprint density at radius 3 is 1.18 bits per heavy atom. The number of benzene rings is 8. The second-order valence-corrected chi connectivity index (χ2v) is 48.9. The molecular formula is C74H79Cl2SiZr. The second-order valence-electron chi connectivity index (χ2n) is 26.5. The zero-order chi connectivity index (χ0) is 55.4. The Labute approximate surface area is 478 Å². The SMILES string of the molecule is CC(C)c1cc(-c2c(-c3ccccc3)ccc3c2C=C(C(C)(C)C)[CH]3[Zr]([Cl])([Cl])([c]2cccc3c2[SiH2]c2ccccc2-3)[CH]2C(C(C)(C)C)=Cc3c2ccc(-c2ccccc2)c3-c2cc(C(C)C)cc(C(C)C)c2)cc(C(C)C)c1. The minimum atomic E-state index is -6.10. The van der Waals surface area contributed by atoms with Crippen molar-refractivity contribution in [1.29, 1.82) is 0 Å². The van der Waals surface area contributed by atoms with Gasteiger partial charge in [-0.2, -0.15) is 0 Å². The molecule has 0 saturated carbocycles. The summed E-state index contributed by atoms with van der Waals surface area (Å²) in [6, 6.07) is 62.9. The Hall–Kier alpha value is -5.08. The average Bonchev–Trinajstić information content (AvgIpc) is 2.26. The van der Waals surface area contributed by atoms with E-state index < -0.39 is 25.9 Å². The summed E-state index contributed by atoms with van der Waals surface area (Å²) in [4.78, 5) is 0. The van der Waals surface area contributed by atoms with Gasteiger partial charge in [0.2, 0.25) is 0 Å². The molecule has 8 aromatic carbocycles. The van der Waals surface area contributed by atoms with Crippen LogP contribution >= 0.6 is 17.0 Å². The minimum absolute atomic E-state index is 0.258. The van der Waals surface area contributed by atoms with Crippen LogP contribution in [0.3, 0.4) is 0 Å². The number of hydrogen-bond donors (Lipinski definition) is 0. The molecule has 0 N–H and O–H groups in total. The van der Waals surface area contributed by atoms with Crippen molar-refractivity contribution >= 4 is 52.3 Å². The van der Waals surface area contributed by atoms with Gasteiger partial charge in [-0.05, 0) is 0 Å². The molecule has 0 radical (unpaired) electrons. The van der Waals surface area contributed by atoms with Crippen molar-refractivity contribution < 1.29 is 16.4 Å². The standard InChI is InChI=1S/2C31H35.C12H9Si.2ClH.Zr/c2*1-20(2)24-15-25(21(3)4)17-26(16-24)30-28(22-11-9-8-10-12-22)14-13-23-18-27(19-29(23)30)31(5,6)7;1-3-7-11-9(5-1)10-6-2-4-8-12(10)13-11;;;/h2*8-21H,1-7H3;1-7H,13H2;2*1H;/q;;;;;+2/p-2. The van der Waals surface area contributed by atoms with Gasteiger partial charge in [0.1, 0.15) is 0 Å². The van der Waals surface area contributed by atoms with Crippen LogP contribution in [0, 0.1) is 10.8 Å². The van der Waals surface area contributed by atoms with Crippen molar-refractivity contribution in [2.45, 2.75) is 128 Å². The first-order valence-corrected chi connectivity index (χ1v) is 40.7. The Kier molecular flexibility index (Phi) is 14.2. The summed E-state index contributed by atoms with van der Waals surface area (Å²) < 4.78 is 0.744. The van der Waals surface area contributed by atoms with Crippen LogP contribution in [0.4, 0.5) is 0 Å². The Morgan fingerprint density at radius 1 is 0.397 bits per heavy atom. The van der Waals surface area contributed by atoms with Crippen molar-refractivity contribution in [1.82, 2.24) is 0 Å². The van der Waals surface area contributed by atoms with Gasteiger partial charge in [0.25, 0.3) is 0 Å². The van der Waals surface area contributed by atoms with Crippen LogP contribution in [-0.2, 0) is 16.4 Å². The van der Waals surface area contributed by atoms with E-state index in [0.717, 1.165) is 0 Å². The molecular weight excluding hydrogens is 1080 g/mol. The van der Waals surface area contributed by atoms with E-state index in [1.807, 2.05) is 0 Å². The van der Waals surface area contributed by atoms with Gasteiger partial charge in [-0.3, -0.25) is 0 Å². The van der Waals surface area contributed by atoms with Gasteiger partial charge in [-0.15, -0.1) is 0 Å². The van der Waals surface area contributed by atoms with Gasteiger partial charge in [0, 0.05) is 0 Å². The molecule has 0 fully saturated rings. The predicted octanol–water partition coefficient (Wildman–Crippen LogP) is 19.9. The van der Waals surface area contributed by atoms with Gasteiger partial charge in [-0.1, -0.05) is 0 Å². The molecule has 4 heteroatoms. The fourth-order valence-corrected chi connectivity index (χ4v) is 42.1. The van der Waals surface area contributed by atoms with E-state index in [1.54, 1.807) is 0 Å². The molecule has 0 nitrogen and oxygen atoms in total. The van der Waals surface area contributed by atoms with E-state index >= 15 is 0 Å². The van der Waals surface area contributed by atoms with Crippen molar-refractivity contribution in [3.8, 4) is 55.6 Å². The fourth-order valence-electron chi connectivity index (χ4n) is 13.7. The molecule has 2 atom stereocenters. The molecule has 0 bridgehead atoms. The van der Waals surface area contributed by atoms with Crippen molar-refractivity contribution in [2.75, 3.05) is 0 Å². The van der Waals surface area contributed by atoms with E-state index in [1.165, 1.54) is 125 Å². The summed E-state index contributed by atoms with van der Waals surface area (Å²) in [5.41, 5.74) is 25.3. The monoisotopic (exact) mass is 1160 g/mol. The van der Waals surface area contributed by atoms with E-state index in [9.17, 15) is 17.0 Å². The van der Waals surface area contributed by atoms with Crippen LogP contribution in [0.25, 0.3) is 67.8 Å². The maximum absolute atomic E-state index is 9.91. The molecule has 2 aliphatic carbocycles. The molecule has 1 heterocycles. The number of halogens is 2. The third-order valence-electron chi connectivity index (χ3n) is 17.9. The molecule has 11 rings (SSSR count). The molecule has 1 aliphatic heterocycles. The summed E-state index contributed by atoms with van der Waals surface area (Å²) in [6.07, 6.45) is 5.19.